The lowest BCUT2D eigenvalue weighted by molar-refractivity contribution is -0.123. The molecule has 29 heavy (non-hydrogen) atoms. The lowest BCUT2D eigenvalue weighted by Crippen LogP contribution is -2.71. The van der Waals surface area contributed by atoms with Crippen molar-refractivity contribution in [1.82, 2.24) is 4.90 Å². The molecule has 0 radical (unpaired) electrons. The van der Waals surface area contributed by atoms with Crippen molar-refractivity contribution in [3.63, 3.8) is 0 Å². The molecule has 0 unspecified atom stereocenters. The average Bonchev–Trinajstić information content (AvgIpc) is 2.70. The Morgan fingerprint density at radius 3 is 2.66 bits per heavy atom. The van der Waals surface area contributed by atoms with E-state index in [0.29, 0.717) is 17.3 Å². The summed E-state index contributed by atoms with van der Waals surface area (Å²) < 4.78 is 5.02. The monoisotopic (exact) mass is 415 g/mol. The SMILES string of the molecule is COCC(=O)N1C[C@H]2[C@@H](c3ccccc31)[C@@H](CO)N2C(=O)Nc1ccccc1Cl. The van der Waals surface area contributed by atoms with E-state index in [1.54, 1.807) is 34.1 Å². The summed E-state index contributed by atoms with van der Waals surface area (Å²) in [5.41, 5.74) is 2.26. The number of carbonyl (C=O) groups excluding carboxylic acids is 2. The largest absolute Gasteiger partial charge is 0.394 e. The van der Waals surface area contributed by atoms with Crippen LogP contribution in [-0.2, 0) is 9.53 Å². The highest BCUT2D eigenvalue weighted by Gasteiger charge is 2.55. The van der Waals surface area contributed by atoms with E-state index in [0.717, 1.165) is 11.3 Å². The molecule has 7 nitrogen and oxygen atoms in total. The van der Waals surface area contributed by atoms with Gasteiger partial charge in [-0.15, -0.1) is 0 Å². The van der Waals surface area contributed by atoms with E-state index in [4.69, 9.17) is 16.3 Å². The minimum absolute atomic E-state index is 0.0407. The van der Waals surface area contributed by atoms with Gasteiger partial charge < -0.3 is 25.0 Å². The molecule has 2 aromatic carbocycles. The van der Waals surface area contributed by atoms with E-state index in [1.165, 1.54) is 7.11 Å². The molecule has 0 bridgehead atoms. The normalized spacial score (nSPS) is 22.4. The molecule has 0 aliphatic carbocycles. The number of hydrogen-bond acceptors (Lipinski definition) is 4. The zero-order valence-corrected chi connectivity index (χ0v) is 16.7. The van der Waals surface area contributed by atoms with Crippen molar-refractivity contribution in [2.24, 2.45) is 0 Å². The van der Waals surface area contributed by atoms with Crippen LogP contribution in [0, 0.1) is 0 Å². The second kappa shape index (κ2) is 8.02. The van der Waals surface area contributed by atoms with E-state index in [-0.39, 0.29) is 43.2 Å². The Kier molecular flexibility index (Phi) is 5.45. The fourth-order valence-electron chi connectivity index (χ4n) is 4.35. The number of benzene rings is 2. The van der Waals surface area contributed by atoms with Gasteiger partial charge in [-0.3, -0.25) is 4.79 Å². The molecule has 2 N–H and O–H groups in total. The van der Waals surface area contributed by atoms with Crippen LogP contribution in [0.2, 0.25) is 5.02 Å². The molecular weight excluding hydrogens is 394 g/mol. The summed E-state index contributed by atoms with van der Waals surface area (Å²) >= 11 is 6.16. The Morgan fingerprint density at radius 1 is 1.21 bits per heavy atom. The third-order valence-corrected chi connectivity index (χ3v) is 5.94. The molecule has 0 aromatic heterocycles. The molecule has 3 amide bonds. The van der Waals surface area contributed by atoms with Crippen molar-refractivity contribution in [3.8, 4) is 0 Å². The topological polar surface area (TPSA) is 82.1 Å². The van der Waals surface area contributed by atoms with Crippen molar-refractivity contribution < 1.29 is 19.4 Å². The number of urea groups is 1. The third kappa shape index (κ3) is 3.35. The Hall–Kier alpha value is -2.61. The van der Waals surface area contributed by atoms with Crippen LogP contribution in [0.3, 0.4) is 0 Å². The molecular formula is C21H22ClN3O4. The van der Waals surface area contributed by atoms with Crippen molar-refractivity contribution in [1.29, 1.82) is 0 Å². The minimum Gasteiger partial charge on any atom is -0.394 e. The van der Waals surface area contributed by atoms with Gasteiger partial charge in [0.15, 0.2) is 0 Å². The maximum absolute atomic E-state index is 13.0. The van der Waals surface area contributed by atoms with Crippen LogP contribution in [0.15, 0.2) is 48.5 Å². The number of likely N-dealkylation sites (tertiary alicyclic amines) is 1. The maximum atomic E-state index is 13.0. The second-order valence-corrected chi connectivity index (χ2v) is 7.56. The molecule has 1 fully saturated rings. The molecule has 0 saturated carbocycles. The third-order valence-electron chi connectivity index (χ3n) is 5.61. The Labute approximate surface area is 173 Å². The summed E-state index contributed by atoms with van der Waals surface area (Å²) in [5, 5.41) is 13.3. The first-order valence-corrected chi connectivity index (χ1v) is 9.77. The summed E-state index contributed by atoms with van der Waals surface area (Å²) in [4.78, 5) is 28.9. The molecule has 8 heteroatoms. The van der Waals surface area contributed by atoms with Gasteiger partial charge in [0.2, 0.25) is 0 Å². The number of halogens is 1. The smallest absolute Gasteiger partial charge is 0.322 e. The van der Waals surface area contributed by atoms with Crippen molar-refractivity contribution in [2.75, 3.05) is 37.1 Å². The molecule has 152 valence electrons. The number of anilines is 2. The van der Waals surface area contributed by atoms with Gasteiger partial charge in [-0.25, -0.2) is 4.79 Å². The lowest BCUT2D eigenvalue weighted by Gasteiger charge is -2.58. The number of ether oxygens (including phenoxy) is 1. The van der Waals surface area contributed by atoms with Crippen molar-refractivity contribution in [3.05, 3.63) is 59.1 Å². The highest BCUT2D eigenvalue weighted by atomic mass is 35.5. The molecule has 0 spiro atoms. The van der Waals surface area contributed by atoms with Crippen LogP contribution in [0.1, 0.15) is 11.5 Å². The number of methoxy groups -OCH3 is 1. The van der Waals surface area contributed by atoms with Gasteiger partial charge >= 0.3 is 6.03 Å². The summed E-state index contributed by atoms with van der Waals surface area (Å²) in [5.74, 6) is -0.211. The zero-order valence-electron chi connectivity index (χ0n) is 15.9. The van der Waals surface area contributed by atoms with Gasteiger partial charge in [0.25, 0.3) is 5.91 Å². The number of amides is 3. The summed E-state index contributed by atoms with van der Waals surface area (Å²) in [6.07, 6.45) is 0. The first-order chi connectivity index (χ1) is 14.1. The highest BCUT2D eigenvalue weighted by Crippen LogP contribution is 2.48. The van der Waals surface area contributed by atoms with Gasteiger partial charge in [-0.05, 0) is 23.8 Å². The summed E-state index contributed by atoms with van der Waals surface area (Å²) in [6, 6.07) is 13.6. The van der Waals surface area contributed by atoms with Gasteiger partial charge in [0, 0.05) is 25.3 Å². The number of aliphatic hydroxyl groups excluding tert-OH is 1. The van der Waals surface area contributed by atoms with Crippen LogP contribution in [0.25, 0.3) is 0 Å². The molecule has 1 saturated heterocycles. The van der Waals surface area contributed by atoms with E-state index in [2.05, 4.69) is 5.32 Å². The van der Waals surface area contributed by atoms with Crippen LogP contribution < -0.4 is 10.2 Å². The fourth-order valence-corrected chi connectivity index (χ4v) is 4.53. The van der Waals surface area contributed by atoms with Crippen molar-refractivity contribution >= 4 is 34.9 Å². The van der Waals surface area contributed by atoms with Gasteiger partial charge in [0.1, 0.15) is 6.61 Å². The average molecular weight is 416 g/mol. The fraction of sp³-hybridized carbons (Fsp3) is 0.333. The maximum Gasteiger partial charge on any atom is 0.322 e. The Balaban J connectivity index is 1.63. The van der Waals surface area contributed by atoms with Crippen LogP contribution in [0.4, 0.5) is 16.2 Å². The Bertz CT molecular complexity index is 938. The first kappa shape index (κ1) is 19.7. The molecule has 2 aliphatic heterocycles. The van der Waals surface area contributed by atoms with Crippen LogP contribution in [-0.4, -0.2) is 60.9 Å². The quantitative estimate of drug-likeness (QED) is 0.804. The van der Waals surface area contributed by atoms with E-state index in [1.807, 2.05) is 24.3 Å². The zero-order chi connectivity index (χ0) is 20.5. The number of para-hydroxylation sites is 2. The van der Waals surface area contributed by atoms with Crippen molar-refractivity contribution in [2.45, 2.75) is 18.0 Å². The second-order valence-electron chi connectivity index (χ2n) is 7.16. The number of nitrogens with zero attached hydrogens (tertiary/aromatic N) is 2. The predicted molar refractivity (Wildman–Crippen MR) is 110 cm³/mol. The van der Waals surface area contributed by atoms with E-state index < -0.39 is 0 Å². The molecule has 2 heterocycles. The van der Waals surface area contributed by atoms with Gasteiger partial charge in [0.05, 0.1) is 29.4 Å². The number of carbonyl (C=O) groups is 2. The standard InChI is InChI=1S/C21H22ClN3O4/c1-29-12-19(27)24-10-17-20(13-6-2-5-9-16(13)24)18(11-26)25(17)21(28)23-15-8-4-3-7-14(15)22/h2-9,17-18,20,26H,10-12H2,1H3,(H,23,28)/t17-,18+,20+/m0/s1. The van der Waals surface area contributed by atoms with Gasteiger partial charge in [-0.1, -0.05) is 41.9 Å². The number of rotatable bonds is 4. The number of nitrogens with one attached hydrogen (secondary N) is 1. The molecule has 4 rings (SSSR count). The predicted octanol–water partition coefficient (Wildman–Crippen LogP) is 2.69. The summed E-state index contributed by atoms with van der Waals surface area (Å²) in [7, 11) is 1.48. The van der Waals surface area contributed by atoms with Crippen LogP contribution >= 0.6 is 11.6 Å². The Morgan fingerprint density at radius 2 is 1.93 bits per heavy atom. The van der Waals surface area contributed by atoms with E-state index in [9.17, 15) is 14.7 Å². The highest BCUT2D eigenvalue weighted by molar-refractivity contribution is 6.33. The van der Waals surface area contributed by atoms with E-state index >= 15 is 0 Å². The molecule has 3 atom stereocenters. The van der Waals surface area contributed by atoms with Gasteiger partial charge in [-0.2, -0.15) is 0 Å². The molecule has 2 aromatic rings. The number of hydrogen-bond donors (Lipinski definition) is 2. The minimum atomic E-state index is -0.372. The molecule has 2 aliphatic rings. The summed E-state index contributed by atoms with van der Waals surface area (Å²) in [6.45, 7) is 0.134. The first-order valence-electron chi connectivity index (χ1n) is 9.39. The lowest BCUT2D eigenvalue weighted by atomic mass is 9.72. The number of fused-ring (bicyclic) bond motifs is 3. The number of aliphatic hydroxyl groups is 1. The van der Waals surface area contributed by atoms with Crippen LogP contribution in [0.5, 0.6) is 0 Å².